The average molecular weight is 362 g/mol. The minimum absolute atomic E-state index is 0.205. The number of hydrogen-bond donors (Lipinski definition) is 2. The van der Waals surface area contributed by atoms with Crippen molar-refractivity contribution in [3.05, 3.63) is 41.7 Å². The number of nitrogens with one attached hydrogen (secondary N) is 2. The third-order valence-corrected chi connectivity index (χ3v) is 3.39. The standard InChI is InChI=1S/C13H13F3N4O3S/c1-20-7-10(11(18-20)13(14,15)16)12(21)17-8-3-5-9(6-4-8)19-24(2,22)23/h3-7,19H,1-2H3,(H,17,21). The molecule has 1 heterocycles. The van der Waals surface area contributed by atoms with Gasteiger partial charge in [0.25, 0.3) is 5.91 Å². The molecule has 7 nitrogen and oxygen atoms in total. The number of carbonyl (C=O) groups is 1. The van der Waals surface area contributed by atoms with Crippen molar-refractivity contribution in [2.45, 2.75) is 6.18 Å². The Balaban J connectivity index is 2.19. The third-order valence-electron chi connectivity index (χ3n) is 2.79. The minimum atomic E-state index is -4.75. The van der Waals surface area contributed by atoms with Crippen molar-refractivity contribution in [1.82, 2.24) is 9.78 Å². The lowest BCUT2D eigenvalue weighted by atomic mass is 10.2. The maximum Gasteiger partial charge on any atom is 0.435 e. The van der Waals surface area contributed by atoms with Gasteiger partial charge in [-0.2, -0.15) is 18.3 Å². The van der Waals surface area contributed by atoms with Crippen molar-refractivity contribution >= 4 is 27.3 Å². The fourth-order valence-corrected chi connectivity index (χ4v) is 2.46. The highest BCUT2D eigenvalue weighted by Gasteiger charge is 2.38. The third kappa shape index (κ3) is 4.47. The van der Waals surface area contributed by atoms with Gasteiger partial charge in [0.1, 0.15) is 0 Å². The fourth-order valence-electron chi connectivity index (χ4n) is 1.90. The molecule has 11 heteroatoms. The summed E-state index contributed by atoms with van der Waals surface area (Å²) in [4.78, 5) is 12.0. The number of hydrogen-bond acceptors (Lipinski definition) is 4. The topological polar surface area (TPSA) is 93.1 Å². The van der Waals surface area contributed by atoms with Crippen LogP contribution in [0.1, 0.15) is 16.1 Å². The van der Waals surface area contributed by atoms with Gasteiger partial charge in [-0.05, 0) is 24.3 Å². The maximum absolute atomic E-state index is 12.9. The van der Waals surface area contributed by atoms with E-state index in [0.717, 1.165) is 17.1 Å². The number of aromatic nitrogens is 2. The Labute approximate surface area is 135 Å². The van der Waals surface area contributed by atoms with Gasteiger partial charge >= 0.3 is 6.18 Å². The van der Waals surface area contributed by atoms with E-state index in [-0.39, 0.29) is 11.4 Å². The highest BCUT2D eigenvalue weighted by atomic mass is 32.2. The zero-order valence-electron chi connectivity index (χ0n) is 12.5. The maximum atomic E-state index is 12.9. The largest absolute Gasteiger partial charge is 0.435 e. The van der Waals surface area contributed by atoms with Crippen LogP contribution in [-0.2, 0) is 23.2 Å². The first kappa shape index (κ1) is 17.8. The molecule has 0 bridgehead atoms. The summed E-state index contributed by atoms with van der Waals surface area (Å²) < 4.78 is 63.8. The molecule has 0 unspecified atom stereocenters. The lowest BCUT2D eigenvalue weighted by molar-refractivity contribution is -0.141. The van der Waals surface area contributed by atoms with Crippen LogP contribution >= 0.6 is 0 Å². The van der Waals surface area contributed by atoms with Gasteiger partial charge in [-0.1, -0.05) is 0 Å². The SMILES string of the molecule is Cn1cc(C(=O)Nc2ccc(NS(C)(=O)=O)cc2)c(C(F)(F)F)n1. The molecule has 24 heavy (non-hydrogen) atoms. The molecule has 130 valence electrons. The van der Waals surface area contributed by atoms with Crippen molar-refractivity contribution in [1.29, 1.82) is 0 Å². The normalized spacial score (nSPS) is 12.0. The molecule has 2 rings (SSSR count). The van der Waals surface area contributed by atoms with Crippen LogP contribution in [0.15, 0.2) is 30.5 Å². The van der Waals surface area contributed by atoms with Crippen molar-refractivity contribution in [2.24, 2.45) is 7.05 Å². The zero-order valence-corrected chi connectivity index (χ0v) is 13.4. The zero-order chi connectivity index (χ0) is 18.1. The smallest absolute Gasteiger partial charge is 0.322 e. The molecule has 0 aliphatic carbocycles. The number of amides is 1. The van der Waals surface area contributed by atoms with Crippen LogP contribution in [0.2, 0.25) is 0 Å². The quantitative estimate of drug-likeness (QED) is 0.871. The number of sulfonamides is 1. The lowest BCUT2D eigenvalue weighted by Gasteiger charge is -2.08. The minimum Gasteiger partial charge on any atom is -0.322 e. The summed E-state index contributed by atoms with van der Waals surface area (Å²) in [6.07, 6.45) is -2.81. The fraction of sp³-hybridized carbons (Fsp3) is 0.231. The number of aryl methyl sites for hydroxylation is 1. The highest BCUT2D eigenvalue weighted by Crippen LogP contribution is 2.31. The molecule has 0 aliphatic rings. The van der Waals surface area contributed by atoms with Crippen LogP contribution in [0.25, 0.3) is 0 Å². The van der Waals surface area contributed by atoms with Gasteiger partial charge in [-0.3, -0.25) is 14.2 Å². The van der Waals surface area contributed by atoms with Gasteiger partial charge in [0.2, 0.25) is 10.0 Å². The van der Waals surface area contributed by atoms with Gasteiger partial charge in [-0.15, -0.1) is 0 Å². The van der Waals surface area contributed by atoms with E-state index in [1.54, 1.807) is 0 Å². The van der Waals surface area contributed by atoms with Crippen molar-refractivity contribution in [3.63, 3.8) is 0 Å². The lowest BCUT2D eigenvalue weighted by Crippen LogP contribution is -2.17. The predicted octanol–water partition coefficient (Wildman–Crippen LogP) is 2.06. The van der Waals surface area contributed by atoms with E-state index >= 15 is 0 Å². The molecule has 0 saturated carbocycles. The number of rotatable bonds is 4. The molecule has 1 aromatic carbocycles. The van der Waals surface area contributed by atoms with Gasteiger partial charge in [0.05, 0.1) is 11.8 Å². The van der Waals surface area contributed by atoms with E-state index in [9.17, 15) is 26.4 Å². The first-order valence-electron chi connectivity index (χ1n) is 6.46. The summed E-state index contributed by atoms with van der Waals surface area (Å²) in [5.74, 6) is -0.973. The van der Waals surface area contributed by atoms with E-state index in [0.29, 0.717) is 0 Å². The number of anilines is 2. The van der Waals surface area contributed by atoms with E-state index in [1.165, 1.54) is 31.3 Å². The molecule has 2 N–H and O–H groups in total. The number of halogens is 3. The van der Waals surface area contributed by atoms with Gasteiger partial charge in [-0.25, -0.2) is 8.42 Å². The monoisotopic (exact) mass is 362 g/mol. The van der Waals surface area contributed by atoms with E-state index in [1.807, 2.05) is 0 Å². The summed E-state index contributed by atoms with van der Waals surface area (Å²) in [5, 5.41) is 5.56. The molecular weight excluding hydrogens is 349 g/mol. The van der Waals surface area contributed by atoms with Crippen LogP contribution < -0.4 is 10.0 Å². The van der Waals surface area contributed by atoms with Crippen molar-refractivity contribution < 1.29 is 26.4 Å². The van der Waals surface area contributed by atoms with Gasteiger partial charge < -0.3 is 5.32 Å². The van der Waals surface area contributed by atoms with Crippen LogP contribution in [0.5, 0.6) is 0 Å². The molecule has 0 radical (unpaired) electrons. The molecule has 2 aromatic rings. The molecule has 0 atom stereocenters. The average Bonchev–Trinajstić information content (AvgIpc) is 2.81. The molecular formula is C13H13F3N4O3S. The summed E-state index contributed by atoms with van der Waals surface area (Å²) in [6.45, 7) is 0. The molecule has 0 fully saturated rings. The Kier molecular flexibility index (Phi) is 4.56. The first-order chi connectivity index (χ1) is 11.0. The molecule has 0 saturated heterocycles. The molecule has 0 spiro atoms. The van der Waals surface area contributed by atoms with Gasteiger partial charge in [0, 0.05) is 24.6 Å². The predicted molar refractivity (Wildman–Crippen MR) is 81.1 cm³/mol. The molecule has 1 amide bonds. The molecule has 0 aliphatic heterocycles. The van der Waals surface area contributed by atoms with Gasteiger partial charge in [0.15, 0.2) is 5.69 Å². The second kappa shape index (κ2) is 6.15. The molecule has 1 aromatic heterocycles. The van der Waals surface area contributed by atoms with Crippen LogP contribution in [-0.4, -0.2) is 30.4 Å². The number of carbonyl (C=O) groups excluding carboxylic acids is 1. The number of alkyl halides is 3. The van der Waals surface area contributed by atoms with Crippen molar-refractivity contribution in [3.8, 4) is 0 Å². The van der Waals surface area contributed by atoms with Crippen molar-refractivity contribution in [2.75, 3.05) is 16.3 Å². The Bertz CT molecular complexity index is 858. The Morgan fingerprint density at radius 3 is 2.21 bits per heavy atom. The Hall–Kier alpha value is -2.56. The van der Waals surface area contributed by atoms with Crippen LogP contribution in [0.4, 0.5) is 24.5 Å². The van der Waals surface area contributed by atoms with E-state index < -0.39 is 33.4 Å². The summed E-state index contributed by atoms with van der Waals surface area (Å²) >= 11 is 0. The second-order valence-corrected chi connectivity index (χ2v) is 6.72. The number of benzene rings is 1. The Morgan fingerprint density at radius 1 is 1.17 bits per heavy atom. The Morgan fingerprint density at radius 2 is 1.71 bits per heavy atom. The first-order valence-corrected chi connectivity index (χ1v) is 8.35. The van der Waals surface area contributed by atoms with Crippen LogP contribution in [0.3, 0.4) is 0 Å². The van der Waals surface area contributed by atoms with Crippen LogP contribution in [0, 0.1) is 0 Å². The summed E-state index contributed by atoms with van der Waals surface area (Å²) in [7, 11) is -2.17. The second-order valence-electron chi connectivity index (χ2n) is 4.97. The summed E-state index contributed by atoms with van der Waals surface area (Å²) in [6, 6.07) is 5.44. The van der Waals surface area contributed by atoms with E-state index in [2.05, 4.69) is 15.1 Å². The summed E-state index contributed by atoms with van der Waals surface area (Å²) in [5.41, 5.74) is -1.43. The number of nitrogens with zero attached hydrogens (tertiary/aromatic N) is 2. The van der Waals surface area contributed by atoms with E-state index in [4.69, 9.17) is 0 Å². The highest BCUT2D eigenvalue weighted by molar-refractivity contribution is 7.92.